The lowest BCUT2D eigenvalue weighted by Gasteiger charge is -2.22. The van der Waals surface area contributed by atoms with Gasteiger partial charge in [0.2, 0.25) is 0 Å². The van der Waals surface area contributed by atoms with Gasteiger partial charge < -0.3 is 10.1 Å². The van der Waals surface area contributed by atoms with Crippen LogP contribution in [0.5, 0.6) is 5.75 Å². The van der Waals surface area contributed by atoms with Gasteiger partial charge in [-0.1, -0.05) is 0 Å². The highest BCUT2D eigenvalue weighted by molar-refractivity contribution is 7.90. The van der Waals surface area contributed by atoms with Crippen molar-refractivity contribution in [2.45, 2.75) is 17.7 Å². The molecular weight excluding hydrogens is 250 g/mol. The molecule has 0 spiro atoms. The average Bonchev–Trinajstić information content (AvgIpc) is 2.37. The SMILES string of the molecule is CS(=O)(=O)c1ccc(OC[C@H]2CCCNC2)cc1. The highest BCUT2D eigenvalue weighted by Crippen LogP contribution is 2.18. The molecule has 1 saturated heterocycles. The zero-order valence-electron chi connectivity index (χ0n) is 10.6. The van der Waals surface area contributed by atoms with Gasteiger partial charge in [-0.25, -0.2) is 8.42 Å². The molecule has 1 aliphatic rings. The summed E-state index contributed by atoms with van der Waals surface area (Å²) in [5.74, 6) is 1.28. The molecule has 100 valence electrons. The lowest BCUT2D eigenvalue weighted by Crippen LogP contribution is -2.33. The van der Waals surface area contributed by atoms with Crippen molar-refractivity contribution >= 4 is 9.84 Å². The molecule has 18 heavy (non-hydrogen) atoms. The fraction of sp³-hybridized carbons (Fsp3) is 0.538. The summed E-state index contributed by atoms with van der Waals surface area (Å²) in [6.45, 7) is 2.78. The van der Waals surface area contributed by atoms with E-state index in [9.17, 15) is 8.42 Å². The topological polar surface area (TPSA) is 55.4 Å². The average molecular weight is 269 g/mol. The molecule has 1 N–H and O–H groups in total. The Kier molecular flexibility index (Phi) is 4.24. The number of ether oxygens (including phenoxy) is 1. The molecule has 0 aromatic heterocycles. The van der Waals surface area contributed by atoms with Gasteiger partial charge in [-0.3, -0.25) is 0 Å². The quantitative estimate of drug-likeness (QED) is 0.899. The van der Waals surface area contributed by atoms with Gasteiger partial charge in [0.05, 0.1) is 11.5 Å². The zero-order chi connectivity index (χ0) is 13.0. The van der Waals surface area contributed by atoms with Gasteiger partial charge >= 0.3 is 0 Å². The molecule has 4 nitrogen and oxygen atoms in total. The van der Waals surface area contributed by atoms with Crippen LogP contribution in [-0.4, -0.2) is 34.4 Å². The van der Waals surface area contributed by atoms with Crippen LogP contribution < -0.4 is 10.1 Å². The van der Waals surface area contributed by atoms with E-state index in [0.717, 1.165) is 18.8 Å². The van der Waals surface area contributed by atoms with Crippen molar-refractivity contribution in [2.75, 3.05) is 26.0 Å². The molecule has 1 aliphatic heterocycles. The molecule has 2 rings (SSSR count). The van der Waals surface area contributed by atoms with E-state index in [2.05, 4.69) is 5.32 Å². The van der Waals surface area contributed by atoms with Gasteiger partial charge in [0.25, 0.3) is 0 Å². The van der Waals surface area contributed by atoms with Crippen LogP contribution in [0, 0.1) is 5.92 Å². The molecule has 0 saturated carbocycles. The maximum Gasteiger partial charge on any atom is 0.175 e. The fourth-order valence-corrected chi connectivity index (χ4v) is 2.69. The summed E-state index contributed by atoms with van der Waals surface area (Å²) in [4.78, 5) is 0.328. The van der Waals surface area contributed by atoms with Crippen LogP contribution in [0.2, 0.25) is 0 Å². The lowest BCUT2D eigenvalue weighted by atomic mass is 10.0. The Balaban J connectivity index is 1.90. The number of hydrogen-bond acceptors (Lipinski definition) is 4. The molecule has 1 heterocycles. The van der Waals surface area contributed by atoms with Crippen molar-refractivity contribution in [1.29, 1.82) is 0 Å². The summed E-state index contributed by atoms with van der Waals surface area (Å²) < 4.78 is 28.3. The van der Waals surface area contributed by atoms with Crippen molar-refractivity contribution in [3.8, 4) is 5.75 Å². The summed E-state index contributed by atoms with van der Waals surface area (Å²) in [6, 6.07) is 6.60. The standard InChI is InChI=1S/C13H19NO3S/c1-18(15,16)13-6-4-12(5-7-13)17-10-11-3-2-8-14-9-11/h4-7,11,14H,2-3,8-10H2,1H3/t11-/m0/s1. The minimum Gasteiger partial charge on any atom is -0.493 e. The molecule has 1 aromatic rings. The predicted molar refractivity (Wildman–Crippen MR) is 70.6 cm³/mol. The van der Waals surface area contributed by atoms with Gasteiger partial charge in [0.15, 0.2) is 9.84 Å². The first-order chi connectivity index (χ1) is 8.55. The highest BCUT2D eigenvalue weighted by atomic mass is 32.2. The van der Waals surface area contributed by atoms with Gasteiger partial charge in [-0.2, -0.15) is 0 Å². The third-order valence-electron chi connectivity index (χ3n) is 3.14. The van der Waals surface area contributed by atoms with E-state index >= 15 is 0 Å². The van der Waals surface area contributed by atoms with Gasteiger partial charge in [0.1, 0.15) is 5.75 Å². The highest BCUT2D eigenvalue weighted by Gasteiger charge is 2.13. The van der Waals surface area contributed by atoms with Gasteiger partial charge in [0, 0.05) is 18.7 Å². The largest absolute Gasteiger partial charge is 0.493 e. The van der Waals surface area contributed by atoms with Crippen molar-refractivity contribution in [2.24, 2.45) is 5.92 Å². The second-order valence-electron chi connectivity index (χ2n) is 4.77. The number of sulfone groups is 1. The van der Waals surface area contributed by atoms with E-state index in [1.165, 1.54) is 19.1 Å². The summed E-state index contributed by atoms with van der Waals surface area (Å²) in [5.41, 5.74) is 0. The van der Waals surface area contributed by atoms with E-state index in [1.807, 2.05) is 0 Å². The van der Waals surface area contributed by atoms with Crippen LogP contribution in [0.1, 0.15) is 12.8 Å². The van der Waals surface area contributed by atoms with E-state index < -0.39 is 9.84 Å². The Morgan fingerprint density at radius 1 is 1.33 bits per heavy atom. The Morgan fingerprint density at radius 3 is 2.61 bits per heavy atom. The van der Waals surface area contributed by atoms with Crippen LogP contribution in [0.25, 0.3) is 0 Å². The smallest absolute Gasteiger partial charge is 0.175 e. The van der Waals surface area contributed by atoms with Crippen molar-refractivity contribution in [3.63, 3.8) is 0 Å². The molecular formula is C13H19NO3S. The monoisotopic (exact) mass is 269 g/mol. The number of benzene rings is 1. The maximum absolute atomic E-state index is 11.3. The predicted octanol–water partition coefficient (Wildman–Crippen LogP) is 1.47. The second kappa shape index (κ2) is 5.71. The summed E-state index contributed by atoms with van der Waals surface area (Å²) in [7, 11) is -3.12. The first-order valence-electron chi connectivity index (χ1n) is 6.19. The number of rotatable bonds is 4. The van der Waals surface area contributed by atoms with E-state index in [0.29, 0.717) is 17.4 Å². The Morgan fingerprint density at radius 2 is 2.06 bits per heavy atom. The third kappa shape index (κ3) is 3.71. The number of piperidine rings is 1. The summed E-state index contributed by atoms with van der Waals surface area (Å²) >= 11 is 0. The van der Waals surface area contributed by atoms with Crippen LogP contribution in [0.15, 0.2) is 29.2 Å². The van der Waals surface area contributed by atoms with Crippen LogP contribution in [-0.2, 0) is 9.84 Å². The summed E-state index contributed by atoms with van der Waals surface area (Å²) in [5, 5.41) is 3.34. The lowest BCUT2D eigenvalue weighted by molar-refractivity contribution is 0.218. The van der Waals surface area contributed by atoms with Crippen molar-refractivity contribution < 1.29 is 13.2 Å². The maximum atomic E-state index is 11.3. The number of hydrogen-bond donors (Lipinski definition) is 1. The Hall–Kier alpha value is -1.07. The molecule has 1 aromatic carbocycles. The van der Waals surface area contributed by atoms with Gasteiger partial charge in [-0.05, 0) is 43.7 Å². The van der Waals surface area contributed by atoms with Crippen LogP contribution in [0.4, 0.5) is 0 Å². The molecule has 0 bridgehead atoms. The van der Waals surface area contributed by atoms with Crippen molar-refractivity contribution in [1.82, 2.24) is 5.32 Å². The molecule has 0 amide bonds. The third-order valence-corrected chi connectivity index (χ3v) is 4.26. The Labute approximate surface area is 108 Å². The Bertz CT molecular complexity index is 475. The van der Waals surface area contributed by atoms with Gasteiger partial charge in [-0.15, -0.1) is 0 Å². The number of nitrogens with one attached hydrogen (secondary N) is 1. The molecule has 1 atom stereocenters. The molecule has 0 unspecified atom stereocenters. The van der Waals surface area contributed by atoms with E-state index in [4.69, 9.17) is 4.74 Å². The van der Waals surface area contributed by atoms with Crippen molar-refractivity contribution in [3.05, 3.63) is 24.3 Å². The van der Waals surface area contributed by atoms with E-state index in [-0.39, 0.29) is 0 Å². The minimum atomic E-state index is -3.12. The first-order valence-corrected chi connectivity index (χ1v) is 8.08. The normalized spacial score (nSPS) is 20.6. The van der Waals surface area contributed by atoms with E-state index in [1.54, 1.807) is 24.3 Å². The fourth-order valence-electron chi connectivity index (χ4n) is 2.06. The first kappa shape index (κ1) is 13.4. The van der Waals surface area contributed by atoms with Crippen LogP contribution in [0.3, 0.4) is 0 Å². The zero-order valence-corrected chi connectivity index (χ0v) is 11.4. The minimum absolute atomic E-state index is 0.328. The molecule has 0 radical (unpaired) electrons. The van der Waals surface area contributed by atoms with Crippen LogP contribution >= 0.6 is 0 Å². The second-order valence-corrected chi connectivity index (χ2v) is 6.78. The molecule has 5 heteroatoms. The molecule has 1 fully saturated rings. The summed E-state index contributed by atoms with van der Waals surface area (Å²) in [6.07, 6.45) is 3.59. The molecule has 0 aliphatic carbocycles.